The number of imide groups is 1. The molecule has 1 atom stereocenters. The first-order valence-corrected chi connectivity index (χ1v) is 9.67. The van der Waals surface area contributed by atoms with Gasteiger partial charge in [-0.05, 0) is 37.8 Å². The molecule has 1 saturated heterocycles. The van der Waals surface area contributed by atoms with Gasteiger partial charge < -0.3 is 24.8 Å². The van der Waals surface area contributed by atoms with E-state index in [9.17, 15) is 19.2 Å². The van der Waals surface area contributed by atoms with E-state index in [1.54, 1.807) is 25.1 Å². The molecule has 0 radical (unpaired) electrons. The van der Waals surface area contributed by atoms with Gasteiger partial charge in [-0.1, -0.05) is 13.8 Å². The molecule has 10 heteroatoms. The number of ether oxygens (including phenoxy) is 3. The van der Waals surface area contributed by atoms with Gasteiger partial charge in [0.15, 0.2) is 18.1 Å². The van der Waals surface area contributed by atoms with Gasteiger partial charge in [-0.2, -0.15) is 0 Å². The van der Waals surface area contributed by atoms with Crippen LogP contribution in [-0.2, 0) is 19.1 Å². The van der Waals surface area contributed by atoms with E-state index < -0.39 is 42.5 Å². The molecular formula is C20H25N3O7. The average molecular weight is 419 g/mol. The Balaban J connectivity index is 1.47. The highest BCUT2D eigenvalue weighted by Crippen LogP contribution is 2.34. The van der Waals surface area contributed by atoms with Crippen LogP contribution >= 0.6 is 0 Å². The molecule has 2 heterocycles. The van der Waals surface area contributed by atoms with Crippen molar-refractivity contribution < 1.29 is 33.4 Å². The number of carbonyl (C=O) groups is 4. The molecule has 10 nitrogen and oxygen atoms in total. The standard InChI is InChI=1S/C20H25N3O7/c1-12(2)6-7-20(3)18(26)23(19(27)22-20)9-17(25)28-10-16(24)21-13-4-5-14-15(8-13)30-11-29-14/h4-5,8,12H,6-7,9-11H2,1-3H3,(H,21,24)(H,22,27)/t20-/m0/s1. The van der Waals surface area contributed by atoms with Crippen molar-refractivity contribution in [2.75, 3.05) is 25.3 Å². The molecule has 0 aromatic heterocycles. The number of nitrogens with one attached hydrogen (secondary N) is 2. The Labute approximate surface area is 173 Å². The van der Waals surface area contributed by atoms with Crippen molar-refractivity contribution in [3.8, 4) is 11.5 Å². The van der Waals surface area contributed by atoms with Crippen LogP contribution in [0.1, 0.15) is 33.6 Å². The van der Waals surface area contributed by atoms with Gasteiger partial charge in [0.25, 0.3) is 11.8 Å². The number of benzene rings is 1. The molecule has 2 N–H and O–H groups in total. The summed E-state index contributed by atoms with van der Waals surface area (Å²) in [6.45, 7) is 4.69. The molecule has 0 unspecified atom stereocenters. The quantitative estimate of drug-likeness (QED) is 0.485. The number of anilines is 1. The Morgan fingerprint density at radius 2 is 2.00 bits per heavy atom. The summed E-state index contributed by atoms with van der Waals surface area (Å²) >= 11 is 0. The Bertz CT molecular complexity index is 870. The zero-order valence-electron chi connectivity index (χ0n) is 17.1. The highest BCUT2D eigenvalue weighted by atomic mass is 16.7. The van der Waals surface area contributed by atoms with Gasteiger partial charge in [0.2, 0.25) is 6.79 Å². The summed E-state index contributed by atoms with van der Waals surface area (Å²) in [5, 5.41) is 5.20. The highest BCUT2D eigenvalue weighted by Gasteiger charge is 2.48. The van der Waals surface area contributed by atoms with Crippen LogP contribution in [0.5, 0.6) is 11.5 Å². The number of hydrogen-bond acceptors (Lipinski definition) is 7. The van der Waals surface area contributed by atoms with E-state index in [-0.39, 0.29) is 6.79 Å². The minimum Gasteiger partial charge on any atom is -0.454 e. The fraction of sp³-hybridized carbons (Fsp3) is 0.500. The van der Waals surface area contributed by atoms with E-state index in [1.807, 2.05) is 13.8 Å². The average Bonchev–Trinajstić information content (AvgIpc) is 3.23. The summed E-state index contributed by atoms with van der Waals surface area (Å²) in [6, 6.07) is 4.22. The van der Waals surface area contributed by atoms with Gasteiger partial charge >= 0.3 is 12.0 Å². The van der Waals surface area contributed by atoms with Crippen LogP contribution in [0.25, 0.3) is 0 Å². The molecule has 3 rings (SSSR count). The predicted octanol–water partition coefficient (Wildman–Crippen LogP) is 1.64. The van der Waals surface area contributed by atoms with Gasteiger partial charge in [0.1, 0.15) is 12.1 Å². The van der Waals surface area contributed by atoms with Crippen molar-refractivity contribution in [3.05, 3.63) is 18.2 Å². The van der Waals surface area contributed by atoms with Gasteiger partial charge in [0, 0.05) is 11.8 Å². The van der Waals surface area contributed by atoms with E-state index in [1.165, 1.54) is 0 Å². The summed E-state index contributed by atoms with van der Waals surface area (Å²) in [6.07, 6.45) is 1.22. The van der Waals surface area contributed by atoms with Crippen molar-refractivity contribution in [3.63, 3.8) is 0 Å². The van der Waals surface area contributed by atoms with Crippen molar-refractivity contribution in [2.24, 2.45) is 5.92 Å². The zero-order chi connectivity index (χ0) is 21.9. The van der Waals surface area contributed by atoms with Crippen LogP contribution in [0, 0.1) is 5.92 Å². The second-order valence-electron chi connectivity index (χ2n) is 7.86. The van der Waals surface area contributed by atoms with Crippen molar-refractivity contribution in [1.29, 1.82) is 0 Å². The number of fused-ring (bicyclic) bond motifs is 1. The molecule has 1 aromatic carbocycles. The Kier molecular flexibility index (Phi) is 6.14. The first-order chi connectivity index (χ1) is 14.2. The molecule has 162 valence electrons. The lowest BCUT2D eigenvalue weighted by Crippen LogP contribution is -2.44. The molecule has 1 aromatic rings. The second-order valence-corrected chi connectivity index (χ2v) is 7.86. The van der Waals surface area contributed by atoms with E-state index in [4.69, 9.17) is 14.2 Å². The monoisotopic (exact) mass is 419 g/mol. The van der Waals surface area contributed by atoms with Gasteiger partial charge in [-0.3, -0.25) is 19.3 Å². The smallest absolute Gasteiger partial charge is 0.326 e. The lowest BCUT2D eigenvalue weighted by atomic mass is 9.92. The maximum absolute atomic E-state index is 12.6. The van der Waals surface area contributed by atoms with Crippen LogP contribution in [0.3, 0.4) is 0 Å². The first-order valence-electron chi connectivity index (χ1n) is 9.67. The minimum absolute atomic E-state index is 0.115. The largest absolute Gasteiger partial charge is 0.454 e. The lowest BCUT2D eigenvalue weighted by Gasteiger charge is -2.22. The van der Waals surface area contributed by atoms with E-state index in [2.05, 4.69) is 10.6 Å². The van der Waals surface area contributed by atoms with Crippen molar-refractivity contribution in [2.45, 2.75) is 39.2 Å². The van der Waals surface area contributed by atoms with Crippen LogP contribution in [-0.4, -0.2) is 54.2 Å². The van der Waals surface area contributed by atoms with Crippen LogP contribution in [0.4, 0.5) is 10.5 Å². The topological polar surface area (TPSA) is 123 Å². The zero-order valence-corrected chi connectivity index (χ0v) is 17.1. The first kappa shape index (κ1) is 21.4. The van der Waals surface area contributed by atoms with Gasteiger partial charge in [-0.25, -0.2) is 4.79 Å². The third-order valence-electron chi connectivity index (χ3n) is 4.87. The van der Waals surface area contributed by atoms with E-state index >= 15 is 0 Å². The molecule has 0 spiro atoms. The molecular weight excluding hydrogens is 394 g/mol. The number of urea groups is 1. The number of rotatable bonds is 8. The van der Waals surface area contributed by atoms with Crippen LogP contribution < -0.4 is 20.1 Å². The van der Waals surface area contributed by atoms with Crippen LogP contribution in [0.15, 0.2) is 18.2 Å². The summed E-state index contributed by atoms with van der Waals surface area (Å²) in [5.74, 6) is -0.449. The summed E-state index contributed by atoms with van der Waals surface area (Å²) in [7, 11) is 0. The Hall–Kier alpha value is -3.30. The fourth-order valence-electron chi connectivity index (χ4n) is 3.13. The maximum Gasteiger partial charge on any atom is 0.326 e. The van der Waals surface area contributed by atoms with Crippen molar-refractivity contribution in [1.82, 2.24) is 10.2 Å². The maximum atomic E-state index is 12.6. The number of carbonyl (C=O) groups excluding carboxylic acids is 4. The summed E-state index contributed by atoms with van der Waals surface area (Å²) in [5.41, 5.74) is -0.589. The minimum atomic E-state index is -1.04. The summed E-state index contributed by atoms with van der Waals surface area (Å²) in [4.78, 5) is 49.6. The van der Waals surface area contributed by atoms with E-state index in [0.29, 0.717) is 29.5 Å². The second kappa shape index (κ2) is 8.60. The SMILES string of the molecule is CC(C)CC[C@]1(C)NC(=O)N(CC(=O)OCC(=O)Nc2ccc3c(c2)OCO3)C1=O. The number of hydrogen-bond donors (Lipinski definition) is 2. The number of esters is 1. The molecule has 0 bridgehead atoms. The normalized spacial score (nSPS) is 19.8. The Morgan fingerprint density at radius 3 is 2.73 bits per heavy atom. The summed E-state index contributed by atoms with van der Waals surface area (Å²) < 4.78 is 15.3. The molecule has 4 amide bonds. The lowest BCUT2D eigenvalue weighted by molar-refractivity contribution is -0.150. The third kappa shape index (κ3) is 4.81. The predicted molar refractivity (Wildman–Crippen MR) is 105 cm³/mol. The van der Waals surface area contributed by atoms with Gasteiger partial charge in [-0.15, -0.1) is 0 Å². The molecule has 30 heavy (non-hydrogen) atoms. The number of amides is 4. The Morgan fingerprint density at radius 1 is 1.27 bits per heavy atom. The van der Waals surface area contributed by atoms with Crippen LogP contribution in [0.2, 0.25) is 0 Å². The molecule has 0 saturated carbocycles. The molecule has 1 fully saturated rings. The third-order valence-corrected chi connectivity index (χ3v) is 4.87. The van der Waals surface area contributed by atoms with Gasteiger partial charge in [0.05, 0.1) is 0 Å². The molecule has 2 aliphatic rings. The molecule has 0 aliphatic carbocycles. The van der Waals surface area contributed by atoms with Crippen molar-refractivity contribution >= 4 is 29.5 Å². The molecule has 2 aliphatic heterocycles. The fourth-order valence-corrected chi connectivity index (χ4v) is 3.13. The van der Waals surface area contributed by atoms with E-state index in [0.717, 1.165) is 11.3 Å². The number of nitrogens with zero attached hydrogens (tertiary/aromatic N) is 1. The highest BCUT2D eigenvalue weighted by molar-refractivity contribution is 6.08.